The SMILES string of the molecule is CC1CCN(Cc2ccc(-c3ncccc3-c3ccccc3)cc2)CC1. The van der Waals surface area contributed by atoms with Crippen LogP contribution in [0.3, 0.4) is 0 Å². The first-order chi connectivity index (χ1) is 12.8. The van der Waals surface area contributed by atoms with Gasteiger partial charge in [-0.25, -0.2) is 0 Å². The van der Waals surface area contributed by atoms with Crippen LogP contribution in [0, 0.1) is 5.92 Å². The van der Waals surface area contributed by atoms with Crippen LogP contribution in [-0.2, 0) is 6.54 Å². The Bertz CT molecular complexity index is 832. The van der Waals surface area contributed by atoms with E-state index in [1.807, 2.05) is 12.3 Å². The second-order valence-corrected chi connectivity index (χ2v) is 7.42. The molecule has 0 unspecified atom stereocenters. The van der Waals surface area contributed by atoms with E-state index < -0.39 is 0 Å². The van der Waals surface area contributed by atoms with E-state index in [1.165, 1.54) is 48.2 Å². The Kier molecular flexibility index (Phi) is 5.12. The molecule has 1 fully saturated rings. The summed E-state index contributed by atoms with van der Waals surface area (Å²) in [5.74, 6) is 0.884. The van der Waals surface area contributed by atoms with Gasteiger partial charge in [0.25, 0.3) is 0 Å². The molecule has 0 radical (unpaired) electrons. The van der Waals surface area contributed by atoms with Crippen molar-refractivity contribution in [3.63, 3.8) is 0 Å². The van der Waals surface area contributed by atoms with Gasteiger partial charge in [-0.2, -0.15) is 0 Å². The lowest BCUT2D eigenvalue weighted by atomic mass is 9.97. The van der Waals surface area contributed by atoms with Crippen molar-refractivity contribution in [2.45, 2.75) is 26.3 Å². The van der Waals surface area contributed by atoms with Crippen LogP contribution in [0.25, 0.3) is 22.4 Å². The van der Waals surface area contributed by atoms with Crippen molar-refractivity contribution in [3.05, 3.63) is 78.5 Å². The van der Waals surface area contributed by atoms with Gasteiger partial charge in [0.2, 0.25) is 0 Å². The van der Waals surface area contributed by atoms with Crippen molar-refractivity contribution >= 4 is 0 Å². The lowest BCUT2D eigenvalue weighted by Gasteiger charge is -2.30. The molecule has 2 heterocycles. The molecule has 0 atom stereocenters. The lowest BCUT2D eigenvalue weighted by Crippen LogP contribution is -2.32. The highest BCUT2D eigenvalue weighted by molar-refractivity contribution is 5.80. The average molecular weight is 342 g/mol. The summed E-state index contributed by atoms with van der Waals surface area (Å²) in [7, 11) is 0. The fourth-order valence-electron chi connectivity index (χ4n) is 3.73. The second kappa shape index (κ2) is 7.84. The van der Waals surface area contributed by atoms with Crippen molar-refractivity contribution in [1.82, 2.24) is 9.88 Å². The minimum Gasteiger partial charge on any atom is -0.299 e. The largest absolute Gasteiger partial charge is 0.299 e. The minimum absolute atomic E-state index is 0.884. The highest BCUT2D eigenvalue weighted by Gasteiger charge is 2.15. The molecule has 0 spiro atoms. The molecule has 1 aromatic heterocycles. The number of benzene rings is 2. The summed E-state index contributed by atoms with van der Waals surface area (Å²) < 4.78 is 0. The molecule has 4 rings (SSSR count). The second-order valence-electron chi connectivity index (χ2n) is 7.42. The maximum absolute atomic E-state index is 4.67. The Morgan fingerprint density at radius 3 is 2.31 bits per heavy atom. The highest BCUT2D eigenvalue weighted by Crippen LogP contribution is 2.30. The Morgan fingerprint density at radius 2 is 1.58 bits per heavy atom. The molecule has 3 aromatic rings. The number of aromatic nitrogens is 1. The molecule has 0 aliphatic carbocycles. The zero-order valence-electron chi connectivity index (χ0n) is 15.4. The van der Waals surface area contributed by atoms with Crippen LogP contribution in [0.2, 0.25) is 0 Å². The van der Waals surface area contributed by atoms with Gasteiger partial charge in [0.1, 0.15) is 0 Å². The monoisotopic (exact) mass is 342 g/mol. The van der Waals surface area contributed by atoms with Crippen LogP contribution < -0.4 is 0 Å². The summed E-state index contributed by atoms with van der Waals surface area (Å²) in [5.41, 5.74) is 6.02. The Labute approximate surface area is 156 Å². The standard InChI is InChI=1S/C24H26N2/c1-19-13-16-26(17-14-19)18-20-9-11-22(12-10-20)24-23(8-5-15-25-24)21-6-3-2-4-7-21/h2-12,15,19H,13-14,16-18H2,1H3. The predicted octanol–water partition coefficient (Wildman–Crippen LogP) is 5.65. The van der Waals surface area contributed by atoms with Crippen LogP contribution in [0.15, 0.2) is 72.9 Å². The van der Waals surface area contributed by atoms with Crippen LogP contribution in [-0.4, -0.2) is 23.0 Å². The Morgan fingerprint density at radius 1 is 0.846 bits per heavy atom. The van der Waals surface area contributed by atoms with Gasteiger partial charge in [-0.3, -0.25) is 9.88 Å². The van der Waals surface area contributed by atoms with E-state index in [0.29, 0.717) is 0 Å². The van der Waals surface area contributed by atoms with Crippen molar-refractivity contribution in [2.24, 2.45) is 5.92 Å². The van der Waals surface area contributed by atoms with E-state index in [4.69, 9.17) is 0 Å². The molecular formula is C24H26N2. The molecule has 2 heteroatoms. The Balaban J connectivity index is 1.54. The Hall–Kier alpha value is -2.45. The third kappa shape index (κ3) is 3.86. The van der Waals surface area contributed by atoms with Gasteiger partial charge in [-0.15, -0.1) is 0 Å². The number of nitrogens with zero attached hydrogens (tertiary/aromatic N) is 2. The van der Waals surface area contributed by atoms with Crippen molar-refractivity contribution in [3.8, 4) is 22.4 Å². The van der Waals surface area contributed by atoms with E-state index in [2.05, 4.69) is 77.5 Å². The van der Waals surface area contributed by atoms with Gasteiger partial charge in [-0.1, -0.05) is 67.6 Å². The number of hydrogen-bond donors (Lipinski definition) is 0. The van der Waals surface area contributed by atoms with E-state index in [0.717, 1.165) is 18.2 Å². The predicted molar refractivity (Wildman–Crippen MR) is 109 cm³/mol. The highest BCUT2D eigenvalue weighted by atomic mass is 15.1. The molecule has 0 bridgehead atoms. The molecular weight excluding hydrogens is 316 g/mol. The smallest absolute Gasteiger partial charge is 0.0780 e. The quantitative estimate of drug-likeness (QED) is 0.609. The molecule has 1 aliphatic heterocycles. The zero-order valence-corrected chi connectivity index (χ0v) is 15.4. The molecule has 26 heavy (non-hydrogen) atoms. The number of rotatable bonds is 4. The summed E-state index contributed by atoms with van der Waals surface area (Å²) in [6.07, 6.45) is 4.53. The number of pyridine rings is 1. The van der Waals surface area contributed by atoms with E-state index >= 15 is 0 Å². The summed E-state index contributed by atoms with van der Waals surface area (Å²) in [6.45, 7) is 5.87. The first-order valence-electron chi connectivity index (χ1n) is 9.62. The van der Waals surface area contributed by atoms with Crippen molar-refractivity contribution in [2.75, 3.05) is 13.1 Å². The molecule has 132 valence electrons. The fourth-order valence-corrected chi connectivity index (χ4v) is 3.73. The topological polar surface area (TPSA) is 16.1 Å². The number of piperidine rings is 1. The van der Waals surface area contributed by atoms with Crippen molar-refractivity contribution in [1.29, 1.82) is 0 Å². The van der Waals surface area contributed by atoms with Crippen LogP contribution in [0.5, 0.6) is 0 Å². The average Bonchev–Trinajstić information content (AvgIpc) is 2.71. The van der Waals surface area contributed by atoms with E-state index in [-0.39, 0.29) is 0 Å². The molecule has 0 N–H and O–H groups in total. The van der Waals surface area contributed by atoms with Crippen LogP contribution >= 0.6 is 0 Å². The minimum atomic E-state index is 0.884. The normalized spacial score (nSPS) is 15.9. The van der Waals surface area contributed by atoms with Crippen LogP contribution in [0.4, 0.5) is 0 Å². The molecule has 1 saturated heterocycles. The van der Waals surface area contributed by atoms with Gasteiger partial charge in [-0.05, 0) is 49.0 Å². The van der Waals surface area contributed by atoms with E-state index in [9.17, 15) is 0 Å². The van der Waals surface area contributed by atoms with Crippen molar-refractivity contribution < 1.29 is 0 Å². The molecule has 1 aliphatic rings. The van der Waals surface area contributed by atoms with E-state index in [1.54, 1.807) is 0 Å². The maximum Gasteiger partial charge on any atom is 0.0780 e. The molecule has 0 saturated carbocycles. The van der Waals surface area contributed by atoms with Gasteiger partial charge in [0.05, 0.1) is 5.69 Å². The third-order valence-electron chi connectivity index (χ3n) is 5.40. The molecule has 2 nitrogen and oxygen atoms in total. The first kappa shape index (κ1) is 17.0. The van der Waals surface area contributed by atoms with Gasteiger partial charge in [0, 0.05) is 23.9 Å². The first-order valence-corrected chi connectivity index (χ1v) is 9.62. The van der Waals surface area contributed by atoms with Gasteiger partial charge < -0.3 is 0 Å². The lowest BCUT2D eigenvalue weighted by molar-refractivity contribution is 0.185. The van der Waals surface area contributed by atoms with Crippen LogP contribution in [0.1, 0.15) is 25.3 Å². The van der Waals surface area contributed by atoms with Gasteiger partial charge in [0.15, 0.2) is 0 Å². The summed E-state index contributed by atoms with van der Waals surface area (Å²) in [5, 5.41) is 0. The number of hydrogen-bond acceptors (Lipinski definition) is 2. The molecule has 0 amide bonds. The fraction of sp³-hybridized carbons (Fsp3) is 0.292. The summed E-state index contributed by atoms with van der Waals surface area (Å²) in [4.78, 5) is 7.24. The third-order valence-corrected chi connectivity index (χ3v) is 5.40. The number of likely N-dealkylation sites (tertiary alicyclic amines) is 1. The summed E-state index contributed by atoms with van der Waals surface area (Å²) >= 11 is 0. The zero-order chi connectivity index (χ0) is 17.8. The van der Waals surface area contributed by atoms with Gasteiger partial charge >= 0.3 is 0 Å². The molecule has 2 aromatic carbocycles. The maximum atomic E-state index is 4.67. The summed E-state index contributed by atoms with van der Waals surface area (Å²) in [6, 6.07) is 23.6.